The molecule has 0 radical (unpaired) electrons. The normalized spacial score (nSPS) is 19.4. The summed E-state index contributed by atoms with van der Waals surface area (Å²) in [5.41, 5.74) is 1.27. The van der Waals surface area contributed by atoms with E-state index in [0.717, 1.165) is 71.3 Å². The van der Waals surface area contributed by atoms with Gasteiger partial charge in [-0.3, -0.25) is 14.6 Å². The largest absolute Gasteiger partial charge is 0.481 e. The minimum absolute atomic E-state index is 0.341. The number of ether oxygens (including phenoxy) is 3. The zero-order chi connectivity index (χ0) is 24.2. The SMILES string of the molecule is COC(=O)c1ccc(C(NCCN2CCOCC2)C(CNCCN2CCOCC2)C(=O)O)cc1. The van der Waals surface area contributed by atoms with Gasteiger partial charge in [0.1, 0.15) is 0 Å². The summed E-state index contributed by atoms with van der Waals surface area (Å²) in [5, 5.41) is 16.9. The van der Waals surface area contributed by atoms with Gasteiger partial charge in [0.15, 0.2) is 0 Å². The molecule has 3 rings (SSSR count). The van der Waals surface area contributed by atoms with Gasteiger partial charge in [0, 0.05) is 64.9 Å². The third-order valence-electron chi connectivity index (χ3n) is 6.38. The van der Waals surface area contributed by atoms with E-state index in [0.29, 0.717) is 25.2 Å². The number of hydrogen-bond donors (Lipinski definition) is 3. The van der Waals surface area contributed by atoms with Crippen LogP contribution in [0.3, 0.4) is 0 Å². The summed E-state index contributed by atoms with van der Waals surface area (Å²) in [5.74, 6) is -1.94. The van der Waals surface area contributed by atoms with Crippen molar-refractivity contribution in [3.8, 4) is 0 Å². The lowest BCUT2D eigenvalue weighted by Gasteiger charge is -2.30. The highest BCUT2D eigenvalue weighted by atomic mass is 16.5. The molecule has 2 unspecified atom stereocenters. The van der Waals surface area contributed by atoms with Crippen LogP contribution in [0.15, 0.2) is 24.3 Å². The number of aliphatic carboxylic acids is 1. The smallest absolute Gasteiger partial charge is 0.337 e. The Labute approximate surface area is 201 Å². The number of esters is 1. The van der Waals surface area contributed by atoms with E-state index in [1.54, 1.807) is 12.1 Å². The van der Waals surface area contributed by atoms with Crippen molar-refractivity contribution < 1.29 is 28.9 Å². The summed E-state index contributed by atoms with van der Waals surface area (Å²) >= 11 is 0. The van der Waals surface area contributed by atoms with E-state index < -0.39 is 23.9 Å². The standard InChI is InChI=1S/C24H38N4O6/c1-32-24(31)20-4-2-19(3-5-20)22(26-7-9-28-12-16-34-17-13-28)21(23(29)30)18-25-6-8-27-10-14-33-15-11-27/h2-5,21-22,25-26H,6-18H2,1H3,(H,29,30). The highest BCUT2D eigenvalue weighted by Gasteiger charge is 2.29. The minimum Gasteiger partial charge on any atom is -0.481 e. The van der Waals surface area contributed by atoms with Crippen LogP contribution in [0.2, 0.25) is 0 Å². The molecule has 0 aromatic heterocycles. The first-order chi connectivity index (χ1) is 16.6. The van der Waals surface area contributed by atoms with Gasteiger partial charge in [0.25, 0.3) is 0 Å². The minimum atomic E-state index is -0.861. The van der Waals surface area contributed by atoms with E-state index in [4.69, 9.17) is 14.2 Å². The average molecular weight is 479 g/mol. The molecule has 0 saturated carbocycles. The number of carboxylic acid groups (broad SMARTS) is 1. The monoisotopic (exact) mass is 478 g/mol. The second-order valence-corrected chi connectivity index (χ2v) is 8.60. The second-order valence-electron chi connectivity index (χ2n) is 8.60. The fourth-order valence-electron chi connectivity index (χ4n) is 4.31. The maximum atomic E-state index is 12.3. The Bertz CT molecular complexity index is 750. The first-order valence-corrected chi connectivity index (χ1v) is 12.0. The third kappa shape index (κ3) is 8.30. The van der Waals surface area contributed by atoms with Crippen LogP contribution in [-0.2, 0) is 19.0 Å². The zero-order valence-electron chi connectivity index (χ0n) is 20.0. The number of nitrogens with zero attached hydrogens (tertiary/aromatic N) is 2. The topological polar surface area (TPSA) is 113 Å². The molecule has 2 aliphatic rings. The van der Waals surface area contributed by atoms with Crippen LogP contribution in [0.5, 0.6) is 0 Å². The van der Waals surface area contributed by atoms with Crippen LogP contribution >= 0.6 is 0 Å². The van der Waals surface area contributed by atoms with Crippen LogP contribution in [0, 0.1) is 5.92 Å². The van der Waals surface area contributed by atoms with Crippen LogP contribution in [0.4, 0.5) is 0 Å². The molecule has 2 atom stereocenters. The van der Waals surface area contributed by atoms with Gasteiger partial charge in [-0.1, -0.05) is 12.1 Å². The fraction of sp³-hybridized carbons (Fsp3) is 0.667. The maximum Gasteiger partial charge on any atom is 0.337 e. The van der Waals surface area contributed by atoms with Crippen LogP contribution in [0.1, 0.15) is 22.0 Å². The second kappa shape index (κ2) is 14.3. The molecule has 1 aromatic rings. The molecule has 2 saturated heterocycles. The van der Waals surface area contributed by atoms with Crippen LogP contribution < -0.4 is 10.6 Å². The molecule has 0 aliphatic carbocycles. The number of carboxylic acids is 1. The molecule has 2 aliphatic heterocycles. The van der Waals surface area contributed by atoms with Crippen molar-refractivity contribution in [2.45, 2.75) is 6.04 Å². The van der Waals surface area contributed by atoms with Gasteiger partial charge in [-0.25, -0.2) is 4.79 Å². The Balaban J connectivity index is 1.62. The summed E-state index contributed by atoms with van der Waals surface area (Å²) in [7, 11) is 1.34. The molecule has 10 heteroatoms. The number of methoxy groups -OCH3 is 1. The molecule has 0 spiro atoms. The molecular formula is C24H38N4O6. The van der Waals surface area contributed by atoms with Gasteiger partial charge in [-0.2, -0.15) is 0 Å². The van der Waals surface area contributed by atoms with E-state index in [1.165, 1.54) is 7.11 Å². The van der Waals surface area contributed by atoms with E-state index in [9.17, 15) is 14.7 Å². The van der Waals surface area contributed by atoms with Crippen molar-refractivity contribution in [1.82, 2.24) is 20.4 Å². The van der Waals surface area contributed by atoms with Crippen LogP contribution in [0.25, 0.3) is 0 Å². The van der Waals surface area contributed by atoms with Gasteiger partial charge in [0.2, 0.25) is 0 Å². The molecule has 3 N–H and O–H groups in total. The van der Waals surface area contributed by atoms with Gasteiger partial charge in [-0.15, -0.1) is 0 Å². The Morgan fingerprint density at radius 1 is 0.971 bits per heavy atom. The average Bonchev–Trinajstić information content (AvgIpc) is 2.88. The number of nitrogens with one attached hydrogen (secondary N) is 2. The predicted molar refractivity (Wildman–Crippen MR) is 127 cm³/mol. The van der Waals surface area contributed by atoms with Crippen molar-refractivity contribution >= 4 is 11.9 Å². The van der Waals surface area contributed by atoms with Crippen molar-refractivity contribution in [3.63, 3.8) is 0 Å². The molecule has 1 aromatic carbocycles. The summed E-state index contributed by atoms with van der Waals surface area (Å²) < 4.78 is 15.6. The number of morpholine rings is 2. The lowest BCUT2D eigenvalue weighted by Crippen LogP contribution is -2.45. The highest BCUT2D eigenvalue weighted by Crippen LogP contribution is 2.23. The third-order valence-corrected chi connectivity index (χ3v) is 6.38. The van der Waals surface area contributed by atoms with Crippen molar-refractivity contribution in [2.75, 3.05) is 92.4 Å². The molecule has 2 fully saturated rings. The van der Waals surface area contributed by atoms with E-state index in [1.807, 2.05) is 12.1 Å². The molecule has 2 heterocycles. The molecule has 0 amide bonds. The summed E-state index contributed by atoms with van der Waals surface area (Å²) in [4.78, 5) is 28.7. The molecular weight excluding hydrogens is 440 g/mol. The quantitative estimate of drug-likeness (QED) is 0.266. The zero-order valence-corrected chi connectivity index (χ0v) is 20.0. The Hall–Kier alpha value is -2.08. The number of carbonyl (C=O) groups excluding carboxylic acids is 1. The van der Waals surface area contributed by atoms with Gasteiger partial charge >= 0.3 is 11.9 Å². The Morgan fingerprint density at radius 3 is 2.06 bits per heavy atom. The number of carbonyl (C=O) groups is 2. The number of rotatable bonds is 13. The molecule has 190 valence electrons. The van der Waals surface area contributed by atoms with Crippen LogP contribution in [-0.4, -0.2) is 119 Å². The maximum absolute atomic E-state index is 12.3. The van der Waals surface area contributed by atoms with Crippen molar-refractivity contribution in [3.05, 3.63) is 35.4 Å². The van der Waals surface area contributed by atoms with E-state index in [-0.39, 0.29) is 0 Å². The highest BCUT2D eigenvalue weighted by molar-refractivity contribution is 5.89. The van der Waals surface area contributed by atoms with Crippen molar-refractivity contribution in [1.29, 1.82) is 0 Å². The molecule has 34 heavy (non-hydrogen) atoms. The lowest BCUT2D eigenvalue weighted by atomic mass is 9.92. The molecule has 0 bridgehead atoms. The summed E-state index contributed by atoms with van der Waals surface area (Å²) in [6.45, 7) is 9.90. The first-order valence-electron chi connectivity index (χ1n) is 12.0. The number of benzene rings is 1. The first kappa shape index (κ1) is 26.5. The van der Waals surface area contributed by atoms with Gasteiger partial charge in [-0.05, 0) is 17.7 Å². The van der Waals surface area contributed by atoms with Gasteiger partial charge < -0.3 is 30.0 Å². The predicted octanol–water partition coefficient (Wildman–Crippen LogP) is 0.0587. The number of hydrogen-bond acceptors (Lipinski definition) is 9. The van der Waals surface area contributed by atoms with Gasteiger partial charge in [0.05, 0.1) is 45.0 Å². The fourth-order valence-corrected chi connectivity index (χ4v) is 4.31. The molecule has 10 nitrogen and oxygen atoms in total. The van der Waals surface area contributed by atoms with E-state index >= 15 is 0 Å². The Kier molecular flexibility index (Phi) is 11.2. The van der Waals surface area contributed by atoms with E-state index in [2.05, 4.69) is 20.4 Å². The Morgan fingerprint density at radius 2 is 1.53 bits per heavy atom. The summed E-state index contributed by atoms with van der Waals surface area (Å²) in [6.07, 6.45) is 0. The summed E-state index contributed by atoms with van der Waals surface area (Å²) in [6, 6.07) is 6.58. The lowest BCUT2D eigenvalue weighted by molar-refractivity contribution is -0.142. The van der Waals surface area contributed by atoms with Crippen molar-refractivity contribution in [2.24, 2.45) is 5.92 Å².